The van der Waals surface area contributed by atoms with Crippen molar-refractivity contribution in [3.8, 4) is 0 Å². The van der Waals surface area contributed by atoms with Crippen LogP contribution in [-0.4, -0.2) is 44.5 Å². The number of rotatable bonds is 7. The molecule has 3 fully saturated rings. The molecule has 1 saturated heterocycles. The van der Waals surface area contributed by atoms with Crippen LogP contribution in [0.3, 0.4) is 0 Å². The van der Waals surface area contributed by atoms with Gasteiger partial charge in [0.2, 0.25) is 0 Å². The van der Waals surface area contributed by atoms with Gasteiger partial charge in [0.15, 0.2) is 0 Å². The second kappa shape index (κ2) is 8.83. The van der Waals surface area contributed by atoms with Crippen molar-refractivity contribution < 1.29 is 0 Å². The van der Waals surface area contributed by atoms with E-state index in [1.165, 1.54) is 54.0 Å². The summed E-state index contributed by atoms with van der Waals surface area (Å²) in [6.07, 6.45) is 7.52. The average Bonchev–Trinajstić information content (AvgIpc) is 3.43. The monoisotopic (exact) mass is 481 g/mol. The van der Waals surface area contributed by atoms with Gasteiger partial charge in [-0.3, -0.25) is 9.80 Å². The van der Waals surface area contributed by atoms with E-state index in [0.717, 1.165) is 51.1 Å². The molecule has 0 amide bonds. The summed E-state index contributed by atoms with van der Waals surface area (Å²) in [4.78, 5) is 10.5. The Morgan fingerprint density at radius 2 is 1.83 bits per heavy atom. The molecular formula is C31H39N5. The van der Waals surface area contributed by atoms with Gasteiger partial charge >= 0.3 is 0 Å². The lowest BCUT2D eigenvalue weighted by atomic mass is 9.53. The first kappa shape index (κ1) is 22.7. The summed E-state index contributed by atoms with van der Waals surface area (Å²) in [5.74, 6) is 1.23. The Morgan fingerprint density at radius 3 is 2.58 bits per heavy atom. The molecule has 188 valence electrons. The highest BCUT2D eigenvalue weighted by atomic mass is 15.3. The zero-order chi connectivity index (χ0) is 24.3. The van der Waals surface area contributed by atoms with E-state index in [2.05, 4.69) is 82.0 Å². The Balaban J connectivity index is 1.06. The Hall–Kier alpha value is -2.47. The van der Waals surface area contributed by atoms with Crippen molar-refractivity contribution in [3.63, 3.8) is 0 Å². The van der Waals surface area contributed by atoms with Crippen molar-refractivity contribution in [3.05, 3.63) is 89.0 Å². The summed E-state index contributed by atoms with van der Waals surface area (Å²) < 4.78 is 2.67. The van der Waals surface area contributed by atoms with E-state index in [-0.39, 0.29) is 6.04 Å². The maximum Gasteiger partial charge on any atom is 0.106 e. The van der Waals surface area contributed by atoms with Gasteiger partial charge in [-0.1, -0.05) is 60.7 Å². The number of benzene rings is 2. The third kappa shape index (κ3) is 3.59. The molecule has 1 spiro atoms. The first-order chi connectivity index (χ1) is 17.6. The summed E-state index contributed by atoms with van der Waals surface area (Å²) in [5.41, 5.74) is 12.7. The molecule has 0 bridgehead atoms. The van der Waals surface area contributed by atoms with Crippen LogP contribution in [0.2, 0.25) is 0 Å². The van der Waals surface area contributed by atoms with Crippen LogP contribution in [0.25, 0.3) is 0 Å². The third-order valence-corrected chi connectivity index (χ3v) is 9.97. The van der Waals surface area contributed by atoms with Crippen molar-refractivity contribution in [2.75, 3.05) is 13.1 Å². The Labute approximate surface area is 215 Å². The fraction of sp³-hybridized carbons (Fsp3) is 0.516. The van der Waals surface area contributed by atoms with Crippen LogP contribution in [0.5, 0.6) is 0 Å². The van der Waals surface area contributed by atoms with Gasteiger partial charge in [-0.2, -0.15) is 0 Å². The van der Waals surface area contributed by atoms with E-state index in [0.29, 0.717) is 11.5 Å². The molecular weight excluding hydrogens is 442 g/mol. The number of hydrogen-bond donors (Lipinski definition) is 1. The summed E-state index contributed by atoms with van der Waals surface area (Å²) in [7, 11) is 0. The topological polar surface area (TPSA) is 50.3 Å². The molecule has 7 rings (SSSR count). The quantitative estimate of drug-likeness (QED) is 0.516. The standard InChI is InChI=1S/C31H39N5/c1-22-33-27-14-16-34(20-23-8-4-2-5-9-23)21-28(27)36(22)25-18-30-31(19-25)15-12-29(31)35(30)17-13-26(32)24-10-6-3-7-11-24/h2-11,25-26,29-30H,12-21,32H2,1H3/t25?,26-,29?,30?,31?/m0/s1. The number of imidazole rings is 1. The number of fused-ring (bicyclic) bond motifs is 1. The molecule has 3 aromatic rings. The highest BCUT2D eigenvalue weighted by molar-refractivity contribution is 5.27. The van der Waals surface area contributed by atoms with Crippen LogP contribution in [0.1, 0.15) is 72.5 Å². The lowest BCUT2D eigenvalue weighted by Crippen LogP contribution is -2.74. The molecule has 2 N–H and O–H groups in total. The predicted octanol–water partition coefficient (Wildman–Crippen LogP) is 5.01. The minimum absolute atomic E-state index is 0.136. The lowest BCUT2D eigenvalue weighted by Gasteiger charge is -2.68. The number of likely N-dealkylation sites (tertiary alicyclic amines) is 1. The van der Waals surface area contributed by atoms with Crippen molar-refractivity contribution in [1.29, 1.82) is 0 Å². The number of piperidine rings is 1. The van der Waals surface area contributed by atoms with Crippen molar-refractivity contribution >= 4 is 0 Å². The van der Waals surface area contributed by atoms with E-state index in [1.807, 2.05) is 0 Å². The first-order valence-electron chi connectivity index (χ1n) is 14.0. The second-order valence-corrected chi connectivity index (χ2v) is 11.8. The van der Waals surface area contributed by atoms with Gasteiger partial charge in [-0.05, 0) is 50.2 Å². The van der Waals surface area contributed by atoms with Crippen LogP contribution in [0.15, 0.2) is 60.7 Å². The Bertz CT molecular complexity index is 1220. The summed E-state index contributed by atoms with van der Waals surface area (Å²) >= 11 is 0. The van der Waals surface area contributed by atoms with E-state index >= 15 is 0 Å². The van der Waals surface area contributed by atoms with Gasteiger partial charge in [0.05, 0.1) is 11.4 Å². The second-order valence-electron chi connectivity index (χ2n) is 11.8. The molecule has 2 saturated carbocycles. The molecule has 1 aromatic heterocycles. The molecule has 36 heavy (non-hydrogen) atoms. The SMILES string of the molecule is Cc1nc2c(n1C1CC3N(CC[C@H](N)c4ccccc4)C4CCC43C1)CN(Cc1ccccc1)CC2. The van der Waals surface area contributed by atoms with Gasteiger partial charge in [-0.25, -0.2) is 4.98 Å². The molecule has 0 radical (unpaired) electrons. The van der Waals surface area contributed by atoms with Crippen molar-refractivity contribution in [2.24, 2.45) is 11.1 Å². The Morgan fingerprint density at radius 1 is 1.06 bits per heavy atom. The zero-order valence-electron chi connectivity index (χ0n) is 21.5. The number of nitrogens with two attached hydrogens (primary N) is 1. The van der Waals surface area contributed by atoms with Gasteiger partial charge < -0.3 is 10.3 Å². The molecule has 2 aromatic carbocycles. The van der Waals surface area contributed by atoms with Crippen molar-refractivity contribution in [2.45, 2.75) is 82.7 Å². The highest BCUT2D eigenvalue weighted by Gasteiger charge is 2.69. The minimum atomic E-state index is 0.136. The largest absolute Gasteiger partial charge is 0.328 e. The van der Waals surface area contributed by atoms with E-state index in [4.69, 9.17) is 10.7 Å². The van der Waals surface area contributed by atoms with Crippen molar-refractivity contribution in [1.82, 2.24) is 19.4 Å². The van der Waals surface area contributed by atoms with Crippen LogP contribution >= 0.6 is 0 Å². The Kier molecular flexibility index (Phi) is 5.57. The number of aromatic nitrogens is 2. The van der Waals surface area contributed by atoms with E-state index < -0.39 is 0 Å². The number of nitrogens with zero attached hydrogens (tertiary/aromatic N) is 4. The summed E-state index contributed by atoms with van der Waals surface area (Å²) in [6, 6.07) is 23.8. The van der Waals surface area contributed by atoms with Gasteiger partial charge in [0, 0.05) is 62.2 Å². The van der Waals surface area contributed by atoms with Crippen LogP contribution < -0.4 is 5.73 Å². The normalized spacial score (nSPS) is 30.1. The summed E-state index contributed by atoms with van der Waals surface area (Å²) in [5, 5.41) is 0. The van der Waals surface area contributed by atoms with Crippen LogP contribution in [0.4, 0.5) is 0 Å². The molecule has 5 nitrogen and oxygen atoms in total. The molecule has 5 heteroatoms. The molecule has 2 aliphatic heterocycles. The zero-order valence-corrected chi connectivity index (χ0v) is 21.5. The smallest absolute Gasteiger partial charge is 0.106 e. The molecule has 5 atom stereocenters. The van der Waals surface area contributed by atoms with Gasteiger partial charge in [0.25, 0.3) is 0 Å². The minimum Gasteiger partial charge on any atom is -0.328 e. The van der Waals surface area contributed by atoms with Gasteiger partial charge in [-0.15, -0.1) is 0 Å². The maximum absolute atomic E-state index is 6.58. The van der Waals surface area contributed by atoms with E-state index in [1.54, 1.807) is 0 Å². The molecule has 4 aliphatic rings. The van der Waals surface area contributed by atoms with Crippen LogP contribution in [-0.2, 0) is 19.5 Å². The maximum atomic E-state index is 6.58. The van der Waals surface area contributed by atoms with E-state index in [9.17, 15) is 0 Å². The highest BCUT2D eigenvalue weighted by Crippen LogP contribution is 2.67. The third-order valence-electron chi connectivity index (χ3n) is 9.97. The fourth-order valence-corrected chi connectivity index (χ4v) is 8.21. The van der Waals surface area contributed by atoms with Crippen LogP contribution in [0, 0.1) is 12.3 Å². The lowest BCUT2D eigenvalue weighted by molar-refractivity contribution is -0.188. The number of aryl methyl sites for hydroxylation is 1. The summed E-state index contributed by atoms with van der Waals surface area (Å²) in [6.45, 7) is 6.53. The number of hydrogen-bond acceptors (Lipinski definition) is 4. The molecule has 4 unspecified atom stereocenters. The first-order valence-corrected chi connectivity index (χ1v) is 14.0. The fourth-order valence-electron chi connectivity index (χ4n) is 8.21. The van der Waals surface area contributed by atoms with Gasteiger partial charge in [0.1, 0.15) is 5.82 Å². The molecule has 3 heterocycles. The predicted molar refractivity (Wildman–Crippen MR) is 143 cm³/mol. The average molecular weight is 482 g/mol. The molecule has 2 aliphatic carbocycles.